The van der Waals surface area contributed by atoms with E-state index in [1.807, 2.05) is 11.8 Å². The fourth-order valence-electron chi connectivity index (χ4n) is 1.37. The molecule has 0 aromatic carbocycles. The fraction of sp³-hybridized carbons (Fsp3) is 0.778. The van der Waals surface area contributed by atoms with E-state index in [1.54, 1.807) is 0 Å². The largest absolute Gasteiger partial charge is 0.395 e. The minimum Gasteiger partial charge on any atom is -0.395 e. The van der Waals surface area contributed by atoms with Gasteiger partial charge in [0.05, 0.1) is 13.2 Å². The molecule has 1 heterocycles. The SMILES string of the molecule is CCNc1snnc1CN(CCO)CCO. The molecule has 0 radical (unpaired) electrons. The van der Waals surface area contributed by atoms with Gasteiger partial charge in [0.2, 0.25) is 0 Å². The lowest BCUT2D eigenvalue weighted by Crippen LogP contribution is -2.29. The standard InChI is InChI=1S/C9H18N4O2S/c1-2-10-9-8(11-12-16-9)7-13(3-5-14)4-6-15/h10,14-15H,2-7H2,1H3. The summed E-state index contributed by atoms with van der Waals surface area (Å²) in [7, 11) is 0. The molecule has 0 saturated carbocycles. The Morgan fingerprint density at radius 2 is 2.00 bits per heavy atom. The molecule has 0 unspecified atom stereocenters. The van der Waals surface area contributed by atoms with Gasteiger partial charge >= 0.3 is 0 Å². The lowest BCUT2D eigenvalue weighted by atomic mass is 10.3. The van der Waals surface area contributed by atoms with Gasteiger partial charge in [0.25, 0.3) is 0 Å². The molecule has 0 amide bonds. The number of nitrogens with zero attached hydrogens (tertiary/aromatic N) is 3. The molecule has 16 heavy (non-hydrogen) atoms. The second-order valence-corrected chi connectivity index (χ2v) is 4.06. The van der Waals surface area contributed by atoms with Crippen molar-refractivity contribution in [2.75, 3.05) is 38.2 Å². The third-order valence-corrected chi connectivity index (χ3v) is 2.82. The highest BCUT2D eigenvalue weighted by Gasteiger charge is 2.11. The number of hydrogen-bond acceptors (Lipinski definition) is 7. The van der Waals surface area contributed by atoms with Crippen LogP contribution in [0.5, 0.6) is 0 Å². The molecule has 0 saturated heterocycles. The Bertz CT molecular complexity index is 289. The molecule has 0 spiro atoms. The first-order valence-electron chi connectivity index (χ1n) is 5.31. The quantitative estimate of drug-likeness (QED) is 0.587. The third kappa shape index (κ3) is 4.01. The second kappa shape index (κ2) is 7.50. The van der Waals surface area contributed by atoms with Crippen LogP contribution in [0.25, 0.3) is 0 Å². The van der Waals surface area contributed by atoms with E-state index in [0.29, 0.717) is 19.6 Å². The van der Waals surface area contributed by atoms with Crippen LogP contribution in [0.15, 0.2) is 0 Å². The zero-order chi connectivity index (χ0) is 11.8. The molecule has 0 fully saturated rings. The summed E-state index contributed by atoms with van der Waals surface area (Å²) in [6, 6.07) is 0. The fourth-order valence-corrected chi connectivity index (χ4v) is 2.01. The minimum atomic E-state index is 0.0775. The van der Waals surface area contributed by atoms with Crippen LogP contribution in [-0.2, 0) is 6.54 Å². The van der Waals surface area contributed by atoms with Gasteiger partial charge in [-0.1, -0.05) is 4.49 Å². The predicted octanol–water partition coefficient (Wildman–Crippen LogP) is -0.244. The highest BCUT2D eigenvalue weighted by Crippen LogP contribution is 2.18. The summed E-state index contributed by atoms with van der Waals surface area (Å²) in [5.74, 6) is 0. The number of aromatic nitrogens is 2. The first-order chi connectivity index (χ1) is 7.81. The van der Waals surface area contributed by atoms with Gasteiger partial charge in [-0.3, -0.25) is 4.90 Å². The van der Waals surface area contributed by atoms with Crippen molar-refractivity contribution in [1.29, 1.82) is 0 Å². The van der Waals surface area contributed by atoms with E-state index in [0.717, 1.165) is 17.2 Å². The van der Waals surface area contributed by atoms with Crippen LogP contribution in [-0.4, -0.2) is 57.5 Å². The Morgan fingerprint density at radius 1 is 1.31 bits per heavy atom. The molecular formula is C9H18N4O2S. The van der Waals surface area contributed by atoms with E-state index >= 15 is 0 Å². The van der Waals surface area contributed by atoms with E-state index < -0.39 is 0 Å². The van der Waals surface area contributed by atoms with Crippen LogP contribution >= 0.6 is 11.5 Å². The molecule has 92 valence electrons. The Balaban J connectivity index is 2.57. The van der Waals surface area contributed by atoms with E-state index in [2.05, 4.69) is 14.9 Å². The zero-order valence-corrected chi connectivity index (χ0v) is 10.2. The van der Waals surface area contributed by atoms with Gasteiger partial charge in [0, 0.05) is 37.7 Å². The van der Waals surface area contributed by atoms with E-state index in [4.69, 9.17) is 10.2 Å². The normalized spacial score (nSPS) is 11.0. The van der Waals surface area contributed by atoms with Gasteiger partial charge in [0.1, 0.15) is 10.7 Å². The molecule has 3 N–H and O–H groups in total. The molecule has 0 bridgehead atoms. The molecule has 6 nitrogen and oxygen atoms in total. The van der Waals surface area contributed by atoms with Crippen molar-refractivity contribution in [3.8, 4) is 0 Å². The number of rotatable bonds is 8. The van der Waals surface area contributed by atoms with Gasteiger partial charge in [-0.15, -0.1) is 5.10 Å². The molecule has 1 rings (SSSR count). The van der Waals surface area contributed by atoms with Crippen LogP contribution in [0.4, 0.5) is 5.00 Å². The summed E-state index contributed by atoms with van der Waals surface area (Å²) in [6.45, 7) is 4.66. The second-order valence-electron chi connectivity index (χ2n) is 3.30. The van der Waals surface area contributed by atoms with Crippen molar-refractivity contribution in [3.05, 3.63) is 5.69 Å². The average molecular weight is 246 g/mol. The van der Waals surface area contributed by atoms with Crippen LogP contribution in [0, 0.1) is 0 Å². The zero-order valence-electron chi connectivity index (χ0n) is 9.39. The number of aliphatic hydroxyl groups excluding tert-OH is 2. The van der Waals surface area contributed by atoms with Crippen molar-refractivity contribution in [3.63, 3.8) is 0 Å². The monoisotopic (exact) mass is 246 g/mol. The first kappa shape index (κ1) is 13.3. The molecule has 0 aliphatic carbocycles. The van der Waals surface area contributed by atoms with E-state index in [9.17, 15) is 0 Å². The smallest absolute Gasteiger partial charge is 0.134 e. The van der Waals surface area contributed by atoms with Gasteiger partial charge in [-0.25, -0.2) is 0 Å². The van der Waals surface area contributed by atoms with Crippen molar-refractivity contribution in [2.24, 2.45) is 0 Å². The lowest BCUT2D eigenvalue weighted by molar-refractivity contribution is 0.155. The molecule has 0 aliphatic heterocycles. The van der Waals surface area contributed by atoms with E-state index in [1.165, 1.54) is 11.5 Å². The summed E-state index contributed by atoms with van der Waals surface area (Å²) < 4.78 is 3.89. The van der Waals surface area contributed by atoms with Crippen molar-refractivity contribution in [2.45, 2.75) is 13.5 Å². The molecule has 0 atom stereocenters. The highest BCUT2D eigenvalue weighted by atomic mass is 32.1. The Labute approximate surface area is 99.1 Å². The molecule has 7 heteroatoms. The van der Waals surface area contributed by atoms with E-state index in [-0.39, 0.29) is 13.2 Å². The Morgan fingerprint density at radius 3 is 2.56 bits per heavy atom. The maximum absolute atomic E-state index is 8.89. The predicted molar refractivity (Wildman–Crippen MR) is 63.5 cm³/mol. The number of hydrogen-bond donors (Lipinski definition) is 3. The van der Waals surface area contributed by atoms with Crippen molar-refractivity contribution >= 4 is 16.5 Å². The van der Waals surface area contributed by atoms with Gasteiger partial charge < -0.3 is 15.5 Å². The number of nitrogens with one attached hydrogen (secondary N) is 1. The van der Waals surface area contributed by atoms with Gasteiger partial charge in [-0.05, 0) is 6.92 Å². The van der Waals surface area contributed by atoms with Crippen LogP contribution in [0.2, 0.25) is 0 Å². The maximum atomic E-state index is 8.89. The lowest BCUT2D eigenvalue weighted by Gasteiger charge is -2.19. The summed E-state index contributed by atoms with van der Waals surface area (Å²) in [5.41, 5.74) is 0.869. The highest BCUT2D eigenvalue weighted by molar-refractivity contribution is 7.10. The summed E-state index contributed by atoms with van der Waals surface area (Å²) >= 11 is 1.33. The first-order valence-corrected chi connectivity index (χ1v) is 6.08. The van der Waals surface area contributed by atoms with Gasteiger partial charge in [-0.2, -0.15) is 0 Å². The molecule has 0 aliphatic rings. The maximum Gasteiger partial charge on any atom is 0.134 e. The Kier molecular flexibility index (Phi) is 6.24. The molecule has 1 aromatic rings. The summed E-state index contributed by atoms with van der Waals surface area (Å²) in [5, 5.41) is 26.0. The van der Waals surface area contributed by atoms with Crippen molar-refractivity contribution in [1.82, 2.24) is 14.5 Å². The molecule has 1 aromatic heterocycles. The van der Waals surface area contributed by atoms with Crippen LogP contribution < -0.4 is 5.32 Å². The average Bonchev–Trinajstić information content (AvgIpc) is 2.67. The molecular weight excluding hydrogens is 228 g/mol. The van der Waals surface area contributed by atoms with Gasteiger partial charge in [0.15, 0.2) is 0 Å². The topological polar surface area (TPSA) is 81.5 Å². The van der Waals surface area contributed by atoms with Crippen LogP contribution in [0.3, 0.4) is 0 Å². The third-order valence-electron chi connectivity index (χ3n) is 2.10. The summed E-state index contributed by atoms with van der Waals surface area (Å²) in [6.07, 6.45) is 0. The summed E-state index contributed by atoms with van der Waals surface area (Å²) in [4.78, 5) is 1.94. The Hall–Kier alpha value is -0.760. The van der Waals surface area contributed by atoms with Crippen molar-refractivity contribution < 1.29 is 10.2 Å². The van der Waals surface area contributed by atoms with Crippen LogP contribution in [0.1, 0.15) is 12.6 Å². The number of aliphatic hydroxyl groups is 2. The number of anilines is 1. The minimum absolute atomic E-state index is 0.0775.